The number of hydrogen-bond donors (Lipinski definition) is 1. The van der Waals surface area contributed by atoms with Crippen molar-refractivity contribution in [3.05, 3.63) is 28.3 Å². The molecule has 0 radical (unpaired) electrons. The fourth-order valence-corrected chi connectivity index (χ4v) is 1.92. The average molecular weight is 296 g/mol. The molecule has 0 saturated carbocycles. The molecule has 9 heteroatoms. The highest BCUT2D eigenvalue weighted by atomic mass is 32.2. The summed E-state index contributed by atoms with van der Waals surface area (Å²) in [6, 6.07) is 3.14. The van der Waals surface area contributed by atoms with Gasteiger partial charge in [0.05, 0.1) is 4.92 Å². The molecular formula is C10H11F3N2O3S. The Bertz CT molecular complexity index is 480. The predicted molar refractivity (Wildman–Crippen MR) is 65.1 cm³/mol. The van der Waals surface area contributed by atoms with E-state index in [-0.39, 0.29) is 10.6 Å². The molecule has 0 bridgehead atoms. The van der Waals surface area contributed by atoms with Crippen molar-refractivity contribution in [3.8, 4) is 0 Å². The largest absolute Gasteiger partial charge is 0.446 e. The van der Waals surface area contributed by atoms with Crippen molar-refractivity contribution in [2.45, 2.75) is 23.6 Å². The van der Waals surface area contributed by atoms with Crippen LogP contribution in [0.2, 0.25) is 0 Å². The molecule has 0 spiro atoms. The number of aliphatic hydroxyl groups is 1. The minimum atomic E-state index is -4.51. The molecule has 0 aromatic heterocycles. The highest BCUT2D eigenvalue weighted by molar-refractivity contribution is 8.00. The number of aliphatic hydroxyl groups excluding tert-OH is 1. The normalized spacial score (nSPS) is 13.2. The van der Waals surface area contributed by atoms with Crippen molar-refractivity contribution in [1.29, 1.82) is 0 Å². The number of rotatable bonds is 4. The Morgan fingerprint density at radius 2 is 2.05 bits per heavy atom. The second-order valence-corrected chi connectivity index (χ2v) is 4.84. The molecule has 106 valence electrons. The number of anilines is 1. The fraction of sp³-hybridized carbons (Fsp3) is 0.400. The number of hydrogen-bond acceptors (Lipinski definition) is 5. The zero-order valence-corrected chi connectivity index (χ0v) is 10.8. The van der Waals surface area contributed by atoms with E-state index in [2.05, 4.69) is 0 Å². The van der Waals surface area contributed by atoms with Crippen molar-refractivity contribution in [2.24, 2.45) is 0 Å². The lowest BCUT2D eigenvalue weighted by Crippen LogP contribution is -2.28. The Hall–Kier alpha value is -1.48. The van der Waals surface area contributed by atoms with E-state index in [4.69, 9.17) is 0 Å². The molecule has 0 fully saturated rings. The summed E-state index contributed by atoms with van der Waals surface area (Å²) < 4.78 is 36.6. The lowest BCUT2D eigenvalue weighted by atomic mass is 10.2. The van der Waals surface area contributed by atoms with E-state index in [0.29, 0.717) is 0 Å². The van der Waals surface area contributed by atoms with Crippen LogP contribution in [-0.4, -0.2) is 28.8 Å². The summed E-state index contributed by atoms with van der Waals surface area (Å²) in [7, 11) is 1.41. The monoisotopic (exact) mass is 296 g/mol. The zero-order chi connectivity index (χ0) is 14.8. The predicted octanol–water partition coefficient (Wildman–Crippen LogP) is 2.98. The Morgan fingerprint density at radius 1 is 1.47 bits per heavy atom. The minimum Gasteiger partial charge on any atom is -0.374 e. The Morgan fingerprint density at radius 3 is 2.47 bits per heavy atom. The number of nitro groups is 1. The van der Waals surface area contributed by atoms with Gasteiger partial charge in [0.2, 0.25) is 0 Å². The first-order chi connectivity index (χ1) is 8.61. The number of halogens is 3. The minimum absolute atomic E-state index is 0.0477. The van der Waals surface area contributed by atoms with E-state index in [9.17, 15) is 28.4 Å². The SMILES string of the molecule is CC(O)N(C)c1ccc(SC(F)(F)F)cc1[N+](=O)[O-]. The van der Waals surface area contributed by atoms with Crippen molar-refractivity contribution in [1.82, 2.24) is 0 Å². The third-order valence-electron chi connectivity index (χ3n) is 2.32. The van der Waals surface area contributed by atoms with Gasteiger partial charge in [-0.15, -0.1) is 0 Å². The number of alkyl halides is 3. The number of nitrogens with zero attached hydrogens (tertiary/aromatic N) is 2. The van der Waals surface area contributed by atoms with Gasteiger partial charge in [-0.25, -0.2) is 0 Å². The lowest BCUT2D eigenvalue weighted by molar-refractivity contribution is -0.384. The van der Waals surface area contributed by atoms with Crippen LogP contribution in [0.1, 0.15) is 6.92 Å². The van der Waals surface area contributed by atoms with E-state index >= 15 is 0 Å². The summed E-state index contributed by atoms with van der Waals surface area (Å²) in [5, 5.41) is 20.2. The third-order valence-corrected chi connectivity index (χ3v) is 3.04. The van der Waals surface area contributed by atoms with Gasteiger partial charge in [0.15, 0.2) is 0 Å². The first-order valence-electron chi connectivity index (χ1n) is 5.07. The van der Waals surface area contributed by atoms with Crippen LogP contribution >= 0.6 is 11.8 Å². The van der Waals surface area contributed by atoms with Gasteiger partial charge in [0.25, 0.3) is 5.69 Å². The molecule has 0 aliphatic carbocycles. The zero-order valence-electron chi connectivity index (χ0n) is 10.0. The van der Waals surface area contributed by atoms with Crippen LogP contribution < -0.4 is 4.90 Å². The molecule has 1 aromatic rings. The van der Waals surface area contributed by atoms with E-state index < -0.39 is 34.1 Å². The molecule has 0 heterocycles. The van der Waals surface area contributed by atoms with Crippen molar-refractivity contribution >= 4 is 23.1 Å². The topological polar surface area (TPSA) is 66.6 Å². The summed E-state index contributed by atoms with van der Waals surface area (Å²) in [5.41, 5.74) is -4.95. The van der Waals surface area contributed by atoms with Gasteiger partial charge in [-0.3, -0.25) is 10.1 Å². The summed E-state index contributed by atoms with van der Waals surface area (Å²) in [5.74, 6) is 0. The van der Waals surface area contributed by atoms with E-state index in [0.717, 1.165) is 12.1 Å². The van der Waals surface area contributed by atoms with Crippen LogP contribution in [0.15, 0.2) is 23.1 Å². The quantitative estimate of drug-likeness (QED) is 0.400. The number of nitro benzene ring substituents is 1. The third kappa shape index (κ3) is 4.28. The highest BCUT2D eigenvalue weighted by Gasteiger charge is 2.31. The molecule has 1 atom stereocenters. The van der Waals surface area contributed by atoms with Crippen LogP contribution in [0.25, 0.3) is 0 Å². The van der Waals surface area contributed by atoms with Gasteiger partial charge in [0, 0.05) is 18.0 Å². The van der Waals surface area contributed by atoms with Gasteiger partial charge in [0.1, 0.15) is 11.9 Å². The van der Waals surface area contributed by atoms with E-state index in [1.54, 1.807) is 0 Å². The highest BCUT2D eigenvalue weighted by Crippen LogP contribution is 2.40. The molecule has 0 amide bonds. The van der Waals surface area contributed by atoms with Crippen LogP contribution in [0.5, 0.6) is 0 Å². The van der Waals surface area contributed by atoms with Gasteiger partial charge in [-0.05, 0) is 30.8 Å². The summed E-state index contributed by atoms with van der Waals surface area (Å²) >= 11 is -0.424. The summed E-state index contributed by atoms with van der Waals surface area (Å²) in [6.45, 7) is 1.39. The Kier molecular flexibility index (Phi) is 4.64. The first kappa shape index (κ1) is 15.6. The molecular weight excluding hydrogens is 285 g/mol. The van der Waals surface area contributed by atoms with Crippen molar-refractivity contribution in [2.75, 3.05) is 11.9 Å². The Labute approximate surface area is 111 Å². The number of thioether (sulfide) groups is 1. The van der Waals surface area contributed by atoms with Crippen LogP contribution in [0, 0.1) is 10.1 Å². The van der Waals surface area contributed by atoms with Gasteiger partial charge in [-0.2, -0.15) is 13.2 Å². The van der Waals surface area contributed by atoms with E-state index in [1.807, 2.05) is 0 Å². The Balaban J connectivity index is 3.19. The summed E-state index contributed by atoms with van der Waals surface area (Å²) in [4.78, 5) is 11.0. The standard InChI is InChI=1S/C10H11F3N2O3S/c1-6(16)14(2)8-4-3-7(19-10(11,12)13)5-9(8)15(17)18/h3-6,16H,1-2H3. The van der Waals surface area contributed by atoms with Gasteiger partial charge < -0.3 is 10.0 Å². The van der Waals surface area contributed by atoms with Gasteiger partial charge in [-0.1, -0.05) is 0 Å². The molecule has 1 rings (SSSR count). The smallest absolute Gasteiger partial charge is 0.374 e. The van der Waals surface area contributed by atoms with Gasteiger partial charge >= 0.3 is 5.51 Å². The summed E-state index contributed by atoms with van der Waals surface area (Å²) in [6.07, 6.45) is -1.00. The number of benzene rings is 1. The second-order valence-electron chi connectivity index (χ2n) is 3.70. The van der Waals surface area contributed by atoms with Crippen LogP contribution in [-0.2, 0) is 0 Å². The maximum atomic E-state index is 12.2. The van der Waals surface area contributed by atoms with Crippen LogP contribution in [0.3, 0.4) is 0 Å². The van der Waals surface area contributed by atoms with Crippen molar-refractivity contribution < 1.29 is 23.2 Å². The molecule has 0 saturated heterocycles. The fourth-order valence-electron chi connectivity index (χ4n) is 1.35. The molecule has 19 heavy (non-hydrogen) atoms. The molecule has 1 N–H and O–H groups in total. The van der Waals surface area contributed by atoms with E-state index in [1.165, 1.54) is 24.9 Å². The van der Waals surface area contributed by atoms with Crippen LogP contribution in [0.4, 0.5) is 24.5 Å². The first-order valence-corrected chi connectivity index (χ1v) is 5.88. The second kappa shape index (κ2) is 5.66. The molecule has 1 unspecified atom stereocenters. The average Bonchev–Trinajstić information content (AvgIpc) is 2.25. The molecule has 0 aliphatic heterocycles. The maximum absolute atomic E-state index is 12.2. The lowest BCUT2D eigenvalue weighted by Gasteiger charge is -2.22. The molecule has 0 aliphatic rings. The molecule has 5 nitrogen and oxygen atoms in total. The molecule has 1 aromatic carbocycles. The maximum Gasteiger partial charge on any atom is 0.446 e. The van der Waals surface area contributed by atoms with Crippen molar-refractivity contribution in [3.63, 3.8) is 0 Å².